The lowest BCUT2D eigenvalue weighted by molar-refractivity contribution is 0.0515. The lowest BCUT2D eigenvalue weighted by atomic mass is 9.84. The summed E-state index contributed by atoms with van der Waals surface area (Å²) in [5.74, 6) is 0. The van der Waals surface area contributed by atoms with Gasteiger partial charge in [-0.15, -0.1) is 0 Å². The van der Waals surface area contributed by atoms with Crippen LogP contribution in [0, 0.1) is 0 Å². The fraction of sp³-hybridized carbons (Fsp3) is 0.875. The molecule has 74 valence electrons. The second-order valence-corrected chi connectivity index (χ2v) is 4.61. The largest absolute Gasteiger partial charge is 0.465 e. The molecule has 1 saturated heterocycles. The molecule has 5 heteroatoms. The minimum absolute atomic E-state index is 0.182. The van der Waals surface area contributed by atoms with Crippen molar-refractivity contribution >= 4 is 18.7 Å². The van der Waals surface area contributed by atoms with Crippen LogP contribution in [0.15, 0.2) is 0 Å². The number of carboxylic acid groups (broad SMARTS) is 1. The molecule has 0 unspecified atom stereocenters. The van der Waals surface area contributed by atoms with E-state index in [1.807, 2.05) is 0 Å². The standard InChI is InChI=1S/C8H14N2O2S/c11-8(12)9-5-1-6(2-5)10-3-7(13)4-10/h5-7,9,13H,1-4H2,(H,11,12)/t5-,6+. The average Bonchev–Trinajstić information content (AvgIpc) is 1.90. The number of hydrogen-bond donors (Lipinski definition) is 3. The lowest BCUT2D eigenvalue weighted by Gasteiger charge is -2.49. The number of hydrogen-bond acceptors (Lipinski definition) is 3. The third kappa shape index (κ3) is 1.91. The summed E-state index contributed by atoms with van der Waals surface area (Å²) in [6, 6.07) is 0.779. The maximum absolute atomic E-state index is 10.3. The van der Waals surface area contributed by atoms with E-state index in [4.69, 9.17) is 5.11 Å². The second kappa shape index (κ2) is 3.38. The summed E-state index contributed by atoms with van der Waals surface area (Å²) in [7, 11) is 0. The van der Waals surface area contributed by atoms with Gasteiger partial charge in [0.15, 0.2) is 0 Å². The molecule has 2 aliphatic rings. The summed E-state index contributed by atoms with van der Waals surface area (Å²) in [6.45, 7) is 2.13. The van der Waals surface area contributed by atoms with Gasteiger partial charge in [-0.25, -0.2) is 4.79 Å². The van der Waals surface area contributed by atoms with Gasteiger partial charge in [0, 0.05) is 30.4 Å². The molecule has 1 aliphatic heterocycles. The molecule has 0 bridgehead atoms. The molecule has 1 amide bonds. The molecule has 2 N–H and O–H groups in total. The molecule has 0 aromatic rings. The van der Waals surface area contributed by atoms with Crippen LogP contribution in [0.3, 0.4) is 0 Å². The van der Waals surface area contributed by atoms with E-state index in [1.54, 1.807) is 0 Å². The highest BCUT2D eigenvalue weighted by Crippen LogP contribution is 2.30. The van der Waals surface area contributed by atoms with Crippen molar-refractivity contribution in [3.05, 3.63) is 0 Å². The Morgan fingerprint density at radius 1 is 1.46 bits per heavy atom. The van der Waals surface area contributed by atoms with Gasteiger partial charge in [-0.1, -0.05) is 0 Å². The lowest BCUT2D eigenvalue weighted by Crippen LogP contribution is -2.61. The summed E-state index contributed by atoms with van der Waals surface area (Å²) in [4.78, 5) is 12.7. The number of carbonyl (C=O) groups is 1. The number of thiol groups is 1. The van der Waals surface area contributed by atoms with Gasteiger partial charge in [0.1, 0.15) is 0 Å². The molecule has 0 radical (unpaired) electrons. The normalized spacial score (nSPS) is 34.8. The highest BCUT2D eigenvalue weighted by Gasteiger charge is 2.39. The Balaban J connectivity index is 1.64. The number of amides is 1. The van der Waals surface area contributed by atoms with E-state index in [1.165, 1.54) is 0 Å². The fourth-order valence-corrected chi connectivity index (χ4v) is 2.38. The maximum Gasteiger partial charge on any atom is 0.404 e. The number of nitrogens with zero attached hydrogens (tertiary/aromatic N) is 1. The smallest absolute Gasteiger partial charge is 0.404 e. The first-order valence-electron chi connectivity index (χ1n) is 4.56. The zero-order valence-electron chi connectivity index (χ0n) is 7.31. The van der Waals surface area contributed by atoms with E-state index < -0.39 is 6.09 Å². The molecule has 1 aliphatic carbocycles. The van der Waals surface area contributed by atoms with Gasteiger partial charge in [0.05, 0.1) is 0 Å². The SMILES string of the molecule is O=C(O)N[C@H]1C[C@@H](N2CC(S)C2)C1. The monoisotopic (exact) mass is 202 g/mol. The molecular weight excluding hydrogens is 188 g/mol. The van der Waals surface area contributed by atoms with Crippen LogP contribution in [0.5, 0.6) is 0 Å². The topological polar surface area (TPSA) is 52.6 Å². The van der Waals surface area contributed by atoms with Crippen LogP contribution in [0.4, 0.5) is 4.79 Å². The van der Waals surface area contributed by atoms with Crippen molar-refractivity contribution < 1.29 is 9.90 Å². The van der Waals surface area contributed by atoms with Crippen molar-refractivity contribution in [1.82, 2.24) is 10.2 Å². The Bertz CT molecular complexity index is 212. The van der Waals surface area contributed by atoms with E-state index in [0.717, 1.165) is 25.9 Å². The summed E-state index contributed by atoms with van der Waals surface area (Å²) < 4.78 is 0. The Kier molecular flexibility index (Phi) is 2.38. The molecule has 2 fully saturated rings. The van der Waals surface area contributed by atoms with E-state index >= 15 is 0 Å². The van der Waals surface area contributed by atoms with Gasteiger partial charge < -0.3 is 10.4 Å². The highest BCUT2D eigenvalue weighted by atomic mass is 32.1. The van der Waals surface area contributed by atoms with Crippen molar-refractivity contribution in [1.29, 1.82) is 0 Å². The first kappa shape index (κ1) is 9.15. The zero-order valence-corrected chi connectivity index (χ0v) is 8.20. The third-order valence-corrected chi connectivity index (χ3v) is 3.17. The average molecular weight is 202 g/mol. The Morgan fingerprint density at radius 3 is 2.54 bits per heavy atom. The molecule has 1 saturated carbocycles. The van der Waals surface area contributed by atoms with Crippen LogP contribution < -0.4 is 5.32 Å². The van der Waals surface area contributed by atoms with Gasteiger partial charge in [-0.2, -0.15) is 12.6 Å². The van der Waals surface area contributed by atoms with Crippen molar-refractivity contribution in [3.8, 4) is 0 Å². The van der Waals surface area contributed by atoms with Crippen molar-refractivity contribution in [2.45, 2.75) is 30.2 Å². The van der Waals surface area contributed by atoms with E-state index in [0.29, 0.717) is 11.3 Å². The Morgan fingerprint density at radius 2 is 2.08 bits per heavy atom. The van der Waals surface area contributed by atoms with Gasteiger partial charge in [-0.3, -0.25) is 4.90 Å². The minimum Gasteiger partial charge on any atom is -0.465 e. The van der Waals surface area contributed by atoms with Crippen molar-refractivity contribution in [3.63, 3.8) is 0 Å². The van der Waals surface area contributed by atoms with Crippen molar-refractivity contribution in [2.24, 2.45) is 0 Å². The molecule has 0 aromatic heterocycles. The first-order valence-corrected chi connectivity index (χ1v) is 5.08. The fourth-order valence-electron chi connectivity index (χ4n) is 1.96. The Labute approximate surface area is 82.7 Å². The van der Waals surface area contributed by atoms with E-state index in [2.05, 4.69) is 22.8 Å². The molecule has 1 heterocycles. The summed E-state index contributed by atoms with van der Waals surface area (Å²) in [5, 5.41) is 11.5. The van der Waals surface area contributed by atoms with Gasteiger partial charge in [0.2, 0.25) is 0 Å². The summed E-state index contributed by atoms with van der Waals surface area (Å²) in [5.41, 5.74) is 0. The predicted molar refractivity (Wildman–Crippen MR) is 52.3 cm³/mol. The van der Waals surface area contributed by atoms with Gasteiger partial charge >= 0.3 is 6.09 Å². The summed E-state index contributed by atoms with van der Waals surface area (Å²) >= 11 is 4.33. The van der Waals surface area contributed by atoms with Crippen LogP contribution >= 0.6 is 12.6 Å². The second-order valence-electron chi connectivity index (χ2n) is 3.88. The van der Waals surface area contributed by atoms with E-state index in [9.17, 15) is 4.79 Å². The first-order chi connectivity index (χ1) is 6.15. The zero-order chi connectivity index (χ0) is 9.42. The van der Waals surface area contributed by atoms with Crippen molar-refractivity contribution in [2.75, 3.05) is 13.1 Å². The number of nitrogens with one attached hydrogen (secondary N) is 1. The number of rotatable bonds is 2. The van der Waals surface area contributed by atoms with Crippen LogP contribution in [0.1, 0.15) is 12.8 Å². The van der Waals surface area contributed by atoms with Gasteiger partial charge in [-0.05, 0) is 12.8 Å². The predicted octanol–water partition coefficient (Wildman–Crippen LogP) is 0.399. The van der Waals surface area contributed by atoms with Crippen LogP contribution in [0.25, 0.3) is 0 Å². The van der Waals surface area contributed by atoms with Crippen LogP contribution in [0.2, 0.25) is 0 Å². The highest BCUT2D eigenvalue weighted by molar-refractivity contribution is 7.81. The molecule has 13 heavy (non-hydrogen) atoms. The maximum atomic E-state index is 10.3. The molecule has 0 spiro atoms. The molecule has 0 atom stereocenters. The minimum atomic E-state index is -0.904. The molecule has 4 nitrogen and oxygen atoms in total. The molecule has 0 aromatic carbocycles. The summed E-state index contributed by atoms with van der Waals surface area (Å²) in [6.07, 6.45) is 1.03. The van der Waals surface area contributed by atoms with Crippen LogP contribution in [-0.4, -0.2) is 46.5 Å². The molecular formula is C8H14N2O2S. The number of likely N-dealkylation sites (tertiary alicyclic amines) is 1. The van der Waals surface area contributed by atoms with Gasteiger partial charge in [0.25, 0.3) is 0 Å². The Hall–Kier alpha value is -0.420. The van der Waals surface area contributed by atoms with E-state index in [-0.39, 0.29) is 6.04 Å². The quantitative estimate of drug-likeness (QED) is 0.568. The molecule has 2 rings (SSSR count). The third-order valence-electron chi connectivity index (χ3n) is 2.85. The van der Waals surface area contributed by atoms with Crippen LogP contribution in [-0.2, 0) is 0 Å².